The highest BCUT2D eigenvalue weighted by molar-refractivity contribution is 5.53. The maximum absolute atomic E-state index is 9.86. The van der Waals surface area contributed by atoms with E-state index in [0.717, 1.165) is 16.9 Å². The van der Waals surface area contributed by atoms with Gasteiger partial charge in [-0.3, -0.25) is 0 Å². The summed E-state index contributed by atoms with van der Waals surface area (Å²) in [6, 6.07) is 21.3. The van der Waals surface area contributed by atoms with Crippen molar-refractivity contribution in [3.05, 3.63) is 89.0 Å². The molecule has 0 aromatic heterocycles. The molecule has 0 saturated carbocycles. The molecule has 132 valence electrons. The molecule has 26 heavy (non-hydrogen) atoms. The average molecular weight is 346 g/mol. The minimum absolute atomic E-state index is 0.0799. The fraction of sp³-hybridized carbons (Fsp3) is 0.217. The number of hydrogen-bond acceptors (Lipinski definition) is 3. The van der Waals surface area contributed by atoms with Crippen molar-refractivity contribution >= 4 is 0 Å². The first-order valence-corrected chi connectivity index (χ1v) is 8.79. The zero-order valence-corrected chi connectivity index (χ0v) is 14.9. The van der Waals surface area contributed by atoms with Crippen molar-refractivity contribution in [1.82, 2.24) is 0 Å². The van der Waals surface area contributed by atoms with Gasteiger partial charge in [0.25, 0.3) is 0 Å². The van der Waals surface area contributed by atoms with Crippen LogP contribution in [0.1, 0.15) is 35.1 Å². The number of rotatable bonds is 2. The van der Waals surface area contributed by atoms with Gasteiger partial charge in [0.05, 0.1) is 6.61 Å². The molecule has 4 rings (SSSR count). The van der Waals surface area contributed by atoms with Crippen LogP contribution in [0.15, 0.2) is 66.7 Å². The Morgan fingerprint density at radius 1 is 0.923 bits per heavy atom. The van der Waals surface area contributed by atoms with Gasteiger partial charge >= 0.3 is 0 Å². The van der Waals surface area contributed by atoms with E-state index in [0.29, 0.717) is 6.61 Å². The van der Waals surface area contributed by atoms with Crippen molar-refractivity contribution in [2.24, 2.45) is 0 Å². The Balaban J connectivity index is 1.93. The van der Waals surface area contributed by atoms with Crippen molar-refractivity contribution in [2.45, 2.75) is 25.2 Å². The van der Waals surface area contributed by atoms with Gasteiger partial charge < -0.3 is 14.9 Å². The van der Waals surface area contributed by atoms with Gasteiger partial charge in [0.1, 0.15) is 17.2 Å². The third-order valence-electron chi connectivity index (χ3n) is 5.38. The molecule has 1 aliphatic heterocycles. The number of phenols is 2. The van der Waals surface area contributed by atoms with E-state index >= 15 is 0 Å². The molecule has 0 fully saturated rings. The van der Waals surface area contributed by atoms with Crippen molar-refractivity contribution in [1.29, 1.82) is 0 Å². The summed E-state index contributed by atoms with van der Waals surface area (Å²) in [5.41, 5.74) is 4.31. The second-order valence-corrected chi connectivity index (χ2v) is 7.32. The van der Waals surface area contributed by atoms with Crippen molar-refractivity contribution in [3.63, 3.8) is 0 Å². The van der Waals surface area contributed by atoms with Crippen LogP contribution >= 0.6 is 0 Å². The van der Waals surface area contributed by atoms with E-state index in [-0.39, 0.29) is 22.8 Å². The fourth-order valence-corrected chi connectivity index (χ4v) is 4.03. The maximum Gasteiger partial charge on any atom is 0.126 e. The molecule has 0 aliphatic carbocycles. The first-order chi connectivity index (χ1) is 12.5. The number of hydrogen-bond donors (Lipinski definition) is 2. The molecular weight excluding hydrogens is 324 g/mol. The summed E-state index contributed by atoms with van der Waals surface area (Å²) in [5.74, 6) is 1.27. The zero-order valence-electron chi connectivity index (χ0n) is 14.9. The number of phenolic OH excluding ortho intramolecular Hbond substituents is 2. The second-order valence-electron chi connectivity index (χ2n) is 7.32. The van der Waals surface area contributed by atoms with E-state index in [2.05, 4.69) is 38.1 Å². The molecule has 2 unspecified atom stereocenters. The lowest BCUT2D eigenvalue weighted by atomic mass is 9.65. The van der Waals surface area contributed by atoms with Crippen LogP contribution in [0.4, 0.5) is 0 Å². The predicted octanol–water partition coefficient (Wildman–Crippen LogP) is 4.89. The lowest BCUT2D eigenvalue weighted by molar-refractivity contribution is 0.182. The quantitative estimate of drug-likeness (QED) is 0.695. The molecule has 0 amide bonds. The first-order valence-electron chi connectivity index (χ1n) is 8.79. The van der Waals surface area contributed by atoms with Gasteiger partial charge in [0.15, 0.2) is 0 Å². The standard InChI is InChI=1S/C23H22O3/c1-15-4-3-5-16(12-15)22-20-11-10-19(25)13-21(20)26-14-23(22,2)17-6-8-18(24)9-7-17/h3-13,22,24-25H,14H2,1-2H3. The van der Waals surface area contributed by atoms with Gasteiger partial charge in [-0.05, 0) is 36.2 Å². The molecule has 0 radical (unpaired) electrons. The molecule has 3 heteroatoms. The van der Waals surface area contributed by atoms with Crippen LogP contribution in [0.5, 0.6) is 17.2 Å². The minimum Gasteiger partial charge on any atom is -0.508 e. The van der Waals surface area contributed by atoms with E-state index in [1.54, 1.807) is 24.3 Å². The SMILES string of the molecule is Cc1cccc(C2c3ccc(O)cc3OCC2(C)c2ccc(O)cc2)c1. The van der Waals surface area contributed by atoms with Crippen molar-refractivity contribution in [2.75, 3.05) is 6.61 Å². The second kappa shape index (κ2) is 6.10. The van der Waals surface area contributed by atoms with Gasteiger partial charge in [-0.25, -0.2) is 0 Å². The summed E-state index contributed by atoms with van der Waals surface area (Å²) in [6.45, 7) is 4.79. The van der Waals surface area contributed by atoms with E-state index in [1.807, 2.05) is 18.2 Å². The molecule has 1 aliphatic rings. The Hall–Kier alpha value is -2.94. The molecule has 3 nitrogen and oxygen atoms in total. The average Bonchev–Trinajstić information content (AvgIpc) is 2.62. The predicted molar refractivity (Wildman–Crippen MR) is 102 cm³/mol. The summed E-state index contributed by atoms with van der Waals surface area (Å²) in [7, 11) is 0. The number of aryl methyl sites for hydroxylation is 1. The largest absolute Gasteiger partial charge is 0.508 e. The highest BCUT2D eigenvalue weighted by atomic mass is 16.5. The number of ether oxygens (including phenoxy) is 1. The Kier molecular flexibility index (Phi) is 3.87. The zero-order chi connectivity index (χ0) is 18.3. The molecule has 3 aromatic carbocycles. The Morgan fingerprint density at radius 3 is 2.38 bits per heavy atom. The van der Waals surface area contributed by atoms with Crippen molar-refractivity contribution in [3.8, 4) is 17.2 Å². The van der Waals surface area contributed by atoms with Gasteiger partial charge in [-0.15, -0.1) is 0 Å². The van der Waals surface area contributed by atoms with Crippen LogP contribution in [-0.2, 0) is 5.41 Å². The smallest absolute Gasteiger partial charge is 0.126 e. The summed E-state index contributed by atoms with van der Waals surface area (Å²) < 4.78 is 6.06. The van der Waals surface area contributed by atoms with Crippen molar-refractivity contribution < 1.29 is 14.9 Å². The van der Waals surface area contributed by atoms with Gasteiger partial charge in [0, 0.05) is 23.0 Å². The first kappa shape index (κ1) is 16.5. The van der Waals surface area contributed by atoms with Crippen LogP contribution in [0, 0.1) is 6.92 Å². The molecule has 0 bridgehead atoms. The van der Waals surface area contributed by atoms with Crippen LogP contribution in [-0.4, -0.2) is 16.8 Å². The Labute approximate surface area is 153 Å². The fourth-order valence-electron chi connectivity index (χ4n) is 4.03. The third kappa shape index (κ3) is 2.70. The van der Waals surface area contributed by atoms with Crippen LogP contribution in [0.3, 0.4) is 0 Å². The van der Waals surface area contributed by atoms with E-state index < -0.39 is 0 Å². The summed E-state index contributed by atoms with van der Waals surface area (Å²) in [5, 5.41) is 19.5. The van der Waals surface area contributed by atoms with Gasteiger partial charge in [-0.1, -0.05) is 55.0 Å². The highest BCUT2D eigenvalue weighted by Crippen LogP contribution is 2.50. The maximum atomic E-state index is 9.86. The summed E-state index contributed by atoms with van der Waals surface area (Å²) in [6.07, 6.45) is 0. The van der Waals surface area contributed by atoms with E-state index in [1.165, 1.54) is 11.1 Å². The number of aromatic hydroxyl groups is 2. The molecule has 2 N–H and O–H groups in total. The molecule has 3 aromatic rings. The van der Waals surface area contributed by atoms with Gasteiger partial charge in [0.2, 0.25) is 0 Å². The topological polar surface area (TPSA) is 49.7 Å². The summed E-state index contributed by atoms with van der Waals surface area (Å²) >= 11 is 0. The Bertz CT molecular complexity index is 946. The third-order valence-corrected chi connectivity index (χ3v) is 5.38. The molecule has 0 saturated heterocycles. The van der Waals surface area contributed by atoms with Crippen LogP contribution in [0.25, 0.3) is 0 Å². The highest BCUT2D eigenvalue weighted by Gasteiger charge is 2.43. The number of benzene rings is 3. The minimum atomic E-state index is -0.300. The van der Waals surface area contributed by atoms with Gasteiger partial charge in [-0.2, -0.15) is 0 Å². The molecule has 0 spiro atoms. The lowest BCUT2D eigenvalue weighted by Gasteiger charge is -2.43. The summed E-state index contributed by atoms with van der Waals surface area (Å²) in [4.78, 5) is 0. The molecule has 1 heterocycles. The molecule has 2 atom stereocenters. The van der Waals surface area contributed by atoms with E-state index in [4.69, 9.17) is 4.74 Å². The lowest BCUT2D eigenvalue weighted by Crippen LogP contribution is -2.40. The Morgan fingerprint density at radius 2 is 1.65 bits per heavy atom. The number of fused-ring (bicyclic) bond motifs is 1. The van der Waals surface area contributed by atoms with Crippen LogP contribution < -0.4 is 4.74 Å². The molecular formula is C23H22O3. The monoisotopic (exact) mass is 346 g/mol. The van der Waals surface area contributed by atoms with Crippen LogP contribution in [0.2, 0.25) is 0 Å². The van der Waals surface area contributed by atoms with E-state index in [9.17, 15) is 10.2 Å². The normalized spacial score (nSPS) is 21.7.